The van der Waals surface area contributed by atoms with Gasteiger partial charge >= 0.3 is 0 Å². The van der Waals surface area contributed by atoms with Gasteiger partial charge in [0.2, 0.25) is 0 Å². The van der Waals surface area contributed by atoms with Gasteiger partial charge in [0.25, 0.3) is 0 Å². The fraction of sp³-hybridized carbons (Fsp3) is 0.643. The minimum atomic E-state index is -0.206. The Kier molecular flexibility index (Phi) is 6.09. The second-order valence-corrected chi connectivity index (χ2v) is 4.46. The van der Waals surface area contributed by atoms with Gasteiger partial charge in [-0.15, -0.1) is 0 Å². The van der Waals surface area contributed by atoms with Crippen molar-refractivity contribution < 1.29 is 5.11 Å². The molecule has 1 aromatic heterocycles. The van der Waals surface area contributed by atoms with Crippen molar-refractivity contribution in [2.45, 2.75) is 52.1 Å². The number of aromatic nitrogens is 1. The van der Waals surface area contributed by atoms with Crippen molar-refractivity contribution in [3.8, 4) is 0 Å². The Morgan fingerprint density at radius 2 is 1.69 bits per heavy atom. The molecule has 0 spiro atoms. The van der Waals surface area contributed by atoms with Gasteiger partial charge in [0.15, 0.2) is 0 Å². The molecule has 0 aliphatic carbocycles. The molecule has 0 saturated heterocycles. The minimum Gasteiger partial charge on any atom is -0.392 e. The van der Waals surface area contributed by atoms with Crippen LogP contribution in [0.4, 0.5) is 0 Å². The van der Waals surface area contributed by atoms with Crippen LogP contribution < -0.4 is 0 Å². The van der Waals surface area contributed by atoms with Gasteiger partial charge in [-0.05, 0) is 42.9 Å². The second kappa shape index (κ2) is 7.39. The van der Waals surface area contributed by atoms with E-state index in [0.717, 1.165) is 32.1 Å². The molecular formula is C14H23NO. The van der Waals surface area contributed by atoms with Crippen LogP contribution in [0.1, 0.15) is 45.1 Å². The minimum absolute atomic E-state index is 0.206. The average Bonchev–Trinajstić information content (AvgIpc) is 2.30. The zero-order valence-corrected chi connectivity index (χ0v) is 10.4. The molecule has 1 N–H and O–H groups in total. The largest absolute Gasteiger partial charge is 0.392 e. The van der Waals surface area contributed by atoms with Gasteiger partial charge in [0.05, 0.1) is 6.10 Å². The normalized spacial score (nSPS) is 13.0. The van der Waals surface area contributed by atoms with Crippen LogP contribution in [0.5, 0.6) is 0 Å². The summed E-state index contributed by atoms with van der Waals surface area (Å²) in [5.41, 5.74) is 1.18. The molecule has 2 heteroatoms. The Labute approximate surface area is 98.7 Å². The molecule has 2 nitrogen and oxygen atoms in total. The quantitative estimate of drug-likeness (QED) is 0.767. The van der Waals surface area contributed by atoms with Crippen molar-refractivity contribution in [2.24, 2.45) is 5.92 Å². The summed E-state index contributed by atoms with van der Waals surface area (Å²) in [4.78, 5) is 3.99. The van der Waals surface area contributed by atoms with Gasteiger partial charge in [-0.3, -0.25) is 4.98 Å². The van der Waals surface area contributed by atoms with Crippen molar-refractivity contribution >= 4 is 0 Å². The first-order valence-electron chi connectivity index (χ1n) is 6.34. The summed E-state index contributed by atoms with van der Waals surface area (Å²) in [5.74, 6) is 0.447. The highest BCUT2D eigenvalue weighted by atomic mass is 16.3. The maximum absolute atomic E-state index is 10.2. The Balaban J connectivity index is 2.51. The highest BCUT2D eigenvalue weighted by molar-refractivity contribution is 5.10. The molecule has 0 fully saturated rings. The number of hydrogen-bond acceptors (Lipinski definition) is 2. The lowest BCUT2D eigenvalue weighted by Gasteiger charge is -2.22. The first kappa shape index (κ1) is 13.2. The van der Waals surface area contributed by atoms with Gasteiger partial charge in [-0.2, -0.15) is 0 Å². The van der Waals surface area contributed by atoms with Gasteiger partial charge < -0.3 is 5.11 Å². The van der Waals surface area contributed by atoms with Crippen LogP contribution >= 0.6 is 0 Å². The molecule has 0 radical (unpaired) electrons. The van der Waals surface area contributed by atoms with Crippen molar-refractivity contribution in [1.29, 1.82) is 0 Å². The number of aliphatic hydroxyl groups is 1. The summed E-state index contributed by atoms with van der Waals surface area (Å²) in [6.45, 7) is 4.36. The Bertz CT molecular complexity index is 267. The van der Waals surface area contributed by atoms with Crippen LogP contribution in [-0.2, 0) is 6.42 Å². The number of rotatable bonds is 7. The first-order chi connectivity index (χ1) is 7.77. The summed E-state index contributed by atoms with van der Waals surface area (Å²) in [7, 11) is 0. The maximum atomic E-state index is 10.2. The van der Waals surface area contributed by atoms with E-state index in [1.54, 1.807) is 12.4 Å². The summed E-state index contributed by atoms with van der Waals surface area (Å²) in [6.07, 6.45) is 8.68. The lowest BCUT2D eigenvalue weighted by Crippen LogP contribution is -2.22. The van der Waals surface area contributed by atoms with Crippen molar-refractivity contribution in [3.63, 3.8) is 0 Å². The molecule has 0 aromatic carbocycles. The molecule has 0 aliphatic heterocycles. The van der Waals surface area contributed by atoms with Gasteiger partial charge in [-0.25, -0.2) is 0 Å². The zero-order chi connectivity index (χ0) is 11.8. The number of pyridine rings is 1. The average molecular weight is 221 g/mol. The lowest BCUT2D eigenvalue weighted by molar-refractivity contribution is 0.0963. The van der Waals surface area contributed by atoms with E-state index in [1.165, 1.54) is 5.56 Å². The highest BCUT2D eigenvalue weighted by Crippen LogP contribution is 2.20. The summed E-state index contributed by atoms with van der Waals surface area (Å²) < 4.78 is 0. The monoisotopic (exact) mass is 221 g/mol. The second-order valence-electron chi connectivity index (χ2n) is 4.46. The molecule has 90 valence electrons. The lowest BCUT2D eigenvalue weighted by atomic mass is 9.89. The van der Waals surface area contributed by atoms with Crippen LogP contribution in [0.25, 0.3) is 0 Å². The fourth-order valence-corrected chi connectivity index (χ4v) is 2.20. The number of hydrogen-bond donors (Lipinski definition) is 1. The van der Waals surface area contributed by atoms with E-state index in [1.807, 2.05) is 12.1 Å². The van der Waals surface area contributed by atoms with E-state index < -0.39 is 0 Å². The topological polar surface area (TPSA) is 33.1 Å². The predicted octanol–water partition coefficient (Wildman–Crippen LogP) is 3.20. The van der Waals surface area contributed by atoms with Crippen LogP contribution in [-0.4, -0.2) is 16.2 Å². The van der Waals surface area contributed by atoms with E-state index in [9.17, 15) is 5.11 Å². The van der Waals surface area contributed by atoms with E-state index in [0.29, 0.717) is 5.92 Å². The molecule has 0 amide bonds. The molecule has 1 atom stereocenters. The molecule has 1 rings (SSSR count). The molecule has 0 bridgehead atoms. The molecule has 1 unspecified atom stereocenters. The summed E-state index contributed by atoms with van der Waals surface area (Å²) in [6, 6.07) is 3.97. The molecule has 0 saturated carbocycles. The third kappa shape index (κ3) is 4.31. The Morgan fingerprint density at radius 3 is 2.19 bits per heavy atom. The van der Waals surface area contributed by atoms with Gasteiger partial charge in [-0.1, -0.05) is 26.7 Å². The SMILES string of the molecule is CCCC(CCC)C(O)Cc1ccncc1. The Morgan fingerprint density at radius 1 is 1.12 bits per heavy atom. The summed E-state index contributed by atoms with van der Waals surface area (Å²) in [5, 5.41) is 10.2. The number of nitrogens with zero attached hydrogens (tertiary/aromatic N) is 1. The van der Waals surface area contributed by atoms with E-state index >= 15 is 0 Å². The van der Waals surface area contributed by atoms with Crippen molar-refractivity contribution in [2.75, 3.05) is 0 Å². The Hall–Kier alpha value is -0.890. The van der Waals surface area contributed by atoms with Crippen LogP contribution in [0.3, 0.4) is 0 Å². The first-order valence-corrected chi connectivity index (χ1v) is 6.34. The van der Waals surface area contributed by atoms with Crippen LogP contribution in [0.15, 0.2) is 24.5 Å². The molecular weight excluding hydrogens is 198 g/mol. The van der Waals surface area contributed by atoms with Gasteiger partial charge in [0, 0.05) is 12.4 Å². The third-order valence-electron chi connectivity index (χ3n) is 3.06. The maximum Gasteiger partial charge on any atom is 0.0608 e. The third-order valence-corrected chi connectivity index (χ3v) is 3.06. The molecule has 16 heavy (non-hydrogen) atoms. The van der Waals surface area contributed by atoms with Crippen molar-refractivity contribution in [1.82, 2.24) is 4.98 Å². The predicted molar refractivity (Wildman–Crippen MR) is 67.3 cm³/mol. The molecule has 1 heterocycles. The van der Waals surface area contributed by atoms with Crippen molar-refractivity contribution in [3.05, 3.63) is 30.1 Å². The summed E-state index contributed by atoms with van der Waals surface area (Å²) >= 11 is 0. The van der Waals surface area contributed by atoms with E-state index in [-0.39, 0.29) is 6.10 Å². The standard InChI is InChI=1S/C14H23NO/c1-3-5-13(6-4-2)14(16)11-12-7-9-15-10-8-12/h7-10,13-14,16H,3-6,11H2,1-2H3. The highest BCUT2D eigenvalue weighted by Gasteiger charge is 2.17. The van der Waals surface area contributed by atoms with Crippen LogP contribution in [0.2, 0.25) is 0 Å². The molecule has 1 aromatic rings. The number of aliphatic hydroxyl groups excluding tert-OH is 1. The van der Waals surface area contributed by atoms with Crippen LogP contribution in [0, 0.1) is 5.92 Å². The van der Waals surface area contributed by atoms with Gasteiger partial charge in [0.1, 0.15) is 0 Å². The molecule has 0 aliphatic rings. The van der Waals surface area contributed by atoms with E-state index in [4.69, 9.17) is 0 Å². The fourth-order valence-electron chi connectivity index (χ4n) is 2.20. The smallest absolute Gasteiger partial charge is 0.0608 e. The van der Waals surface area contributed by atoms with E-state index in [2.05, 4.69) is 18.8 Å². The zero-order valence-electron chi connectivity index (χ0n) is 10.4.